The van der Waals surface area contributed by atoms with Crippen LogP contribution >= 0.6 is 23.1 Å². The highest BCUT2D eigenvalue weighted by atomic mass is 32.2. The Kier molecular flexibility index (Phi) is 6.48. The van der Waals surface area contributed by atoms with Crippen LogP contribution in [0.2, 0.25) is 0 Å². The lowest BCUT2D eigenvalue weighted by atomic mass is 9.69. The molecule has 0 spiro atoms. The maximum absolute atomic E-state index is 13.7. The molecule has 0 amide bonds. The molecule has 1 unspecified atom stereocenters. The van der Waals surface area contributed by atoms with Crippen LogP contribution in [0.4, 0.5) is 5.69 Å². The number of aryl methyl sites for hydroxylation is 2. The molecule has 6 heteroatoms. The van der Waals surface area contributed by atoms with Crippen LogP contribution in [0.1, 0.15) is 62.5 Å². The first-order chi connectivity index (χ1) is 15.7. The Hall–Kier alpha value is -2.49. The average molecular weight is 478 g/mol. The Balaban J connectivity index is 2.01. The molecule has 0 saturated carbocycles. The molecule has 172 valence electrons. The van der Waals surface area contributed by atoms with Gasteiger partial charge in [-0.3, -0.25) is 9.69 Å². The second-order valence-electron chi connectivity index (χ2n) is 9.56. The Bertz CT molecular complexity index is 1210. The lowest BCUT2D eigenvalue weighted by molar-refractivity contribution is -0.118. The molecule has 2 aromatic rings. The van der Waals surface area contributed by atoms with Gasteiger partial charge in [0.2, 0.25) is 0 Å². The van der Waals surface area contributed by atoms with Crippen molar-refractivity contribution in [3.05, 3.63) is 69.0 Å². The maximum atomic E-state index is 13.7. The highest BCUT2D eigenvalue weighted by Gasteiger charge is 2.45. The summed E-state index contributed by atoms with van der Waals surface area (Å²) in [5.41, 5.74) is 11.9. The monoisotopic (exact) mass is 477 g/mol. The van der Waals surface area contributed by atoms with Gasteiger partial charge in [0.15, 0.2) is 5.78 Å². The lowest BCUT2D eigenvalue weighted by Crippen LogP contribution is -2.42. The molecule has 33 heavy (non-hydrogen) atoms. The molecule has 0 radical (unpaired) electrons. The van der Waals surface area contributed by atoms with Crippen LogP contribution in [0.3, 0.4) is 0 Å². The third kappa shape index (κ3) is 4.25. The van der Waals surface area contributed by atoms with E-state index < -0.39 is 5.92 Å². The van der Waals surface area contributed by atoms with Gasteiger partial charge in [0.25, 0.3) is 0 Å². The summed E-state index contributed by atoms with van der Waals surface area (Å²) in [6.07, 6.45) is 2.14. The Morgan fingerprint density at radius 2 is 2.03 bits per heavy atom. The van der Waals surface area contributed by atoms with Gasteiger partial charge in [-0.2, -0.15) is 5.26 Å². The van der Waals surface area contributed by atoms with E-state index in [0.717, 1.165) is 46.7 Å². The maximum Gasteiger partial charge on any atom is 0.162 e. The third-order valence-electron chi connectivity index (χ3n) is 6.35. The molecule has 2 heterocycles. The van der Waals surface area contributed by atoms with E-state index in [9.17, 15) is 10.1 Å². The number of benzene rings is 1. The molecule has 1 aromatic heterocycles. The summed E-state index contributed by atoms with van der Waals surface area (Å²) in [4.78, 5) is 17.0. The minimum atomic E-state index is -0.403. The first-order valence-electron chi connectivity index (χ1n) is 11.5. The van der Waals surface area contributed by atoms with Crippen LogP contribution in [-0.2, 0) is 11.2 Å². The van der Waals surface area contributed by atoms with Crippen LogP contribution in [0, 0.1) is 23.7 Å². The molecule has 0 bridgehead atoms. The van der Waals surface area contributed by atoms with Crippen LogP contribution in [-0.4, -0.2) is 11.5 Å². The Morgan fingerprint density at radius 3 is 2.67 bits per heavy atom. The summed E-state index contributed by atoms with van der Waals surface area (Å²) >= 11 is 3.56. The number of nitrogens with two attached hydrogens (primary N) is 1. The predicted molar refractivity (Wildman–Crippen MR) is 138 cm³/mol. The number of carbonyl (C=O) groups excluding carboxylic acids is 1. The van der Waals surface area contributed by atoms with Crippen molar-refractivity contribution in [1.82, 2.24) is 0 Å². The average Bonchev–Trinajstić information content (AvgIpc) is 3.15. The minimum Gasteiger partial charge on any atom is -0.384 e. The van der Waals surface area contributed by atoms with Crippen molar-refractivity contribution in [2.24, 2.45) is 11.1 Å². The van der Waals surface area contributed by atoms with Crippen molar-refractivity contribution >= 4 is 34.6 Å². The summed E-state index contributed by atoms with van der Waals surface area (Å²) in [6, 6.07) is 12.7. The van der Waals surface area contributed by atoms with Crippen molar-refractivity contribution in [2.75, 3.05) is 10.7 Å². The number of thioether (sulfide) groups is 1. The lowest BCUT2D eigenvalue weighted by Gasteiger charge is -2.43. The van der Waals surface area contributed by atoms with E-state index in [2.05, 4.69) is 45.9 Å². The molecular formula is C27H31N3OS2. The van der Waals surface area contributed by atoms with Crippen LogP contribution in [0.25, 0.3) is 0 Å². The number of allylic oxidation sites excluding steroid dienone is 3. The zero-order valence-electron chi connectivity index (χ0n) is 20.0. The zero-order valence-corrected chi connectivity index (χ0v) is 21.6. The number of thiophene rings is 1. The second-order valence-corrected chi connectivity index (χ2v) is 12.2. The number of Topliss-reactive ketones (excluding diaryl/α,β-unsaturated/α-hetero) is 1. The zero-order chi connectivity index (χ0) is 23.9. The number of rotatable bonds is 5. The molecule has 4 rings (SSSR count). The summed E-state index contributed by atoms with van der Waals surface area (Å²) in [5.74, 6) is 1.10. The molecule has 1 atom stereocenters. The summed E-state index contributed by atoms with van der Waals surface area (Å²) in [5, 5.41) is 10.3. The van der Waals surface area contributed by atoms with Crippen molar-refractivity contribution in [3.63, 3.8) is 0 Å². The van der Waals surface area contributed by atoms with E-state index in [1.165, 1.54) is 9.09 Å². The molecule has 2 aliphatic rings. The largest absolute Gasteiger partial charge is 0.384 e. The molecular weight excluding hydrogens is 446 g/mol. The third-order valence-corrected chi connectivity index (χ3v) is 8.83. The van der Waals surface area contributed by atoms with E-state index >= 15 is 0 Å². The topological polar surface area (TPSA) is 70.1 Å². The summed E-state index contributed by atoms with van der Waals surface area (Å²) in [6.45, 7) is 10.6. The van der Waals surface area contributed by atoms with Gasteiger partial charge in [0.05, 0.1) is 21.8 Å². The number of nitrogens with zero attached hydrogens (tertiary/aromatic N) is 2. The van der Waals surface area contributed by atoms with Crippen molar-refractivity contribution in [1.29, 1.82) is 5.26 Å². The summed E-state index contributed by atoms with van der Waals surface area (Å²) < 4.78 is 1.19. The number of ketones is 1. The predicted octanol–water partition coefficient (Wildman–Crippen LogP) is 6.67. The van der Waals surface area contributed by atoms with E-state index in [0.29, 0.717) is 17.8 Å². The molecule has 0 fully saturated rings. The first-order valence-corrected chi connectivity index (χ1v) is 13.3. The van der Waals surface area contributed by atoms with Crippen molar-refractivity contribution in [3.8, 4) is 6.07 Å². The van der Waals surface area contributed by atoms with Gasteiger partial charge in [-0.1, -0.05) is 39.8 Å². The van der Waals surface area contributed by atoms with Gasteiger partial charge in [0, 0.05) is 28.3 Å². The molecule has 1 aliphatic carbocycles. The van der Waals surface area contributed by atoms with Gasteiger partial charge >= 0.3 is 0 Å². The standard InChI is InChI=1S/C27H31N3OS2/c1-6-18-12-19(26(33-18)32-7-2)23-20(15-28)25(29)30(17-10-8-9-16(3)11-17)21-13-27(4,5)14-22(31)24(21)23/h8-12,23H,6-7,13-14,29H2,1-5H3. The molecule has 2 N–H and O–H groups in total. The SMILES string of the molecule is CCSc1sc(CC)cc1C1C(C#N)=C(N)N(c2cccc(C)c2)C2=C1C(=O)CC(C)(C)C2. The quantitative estimate of drug-likeness (QED) is 0.487. The highest BCUT2D eigenvalue weighted by molar-refractivity contribution is 8.01. The van der Waals surface area contributed by atoms with Gasteiger partial charge in [-0.15, -0.1) is 23.1 Å². The first kappa shape index (κ1) is 23.7. The van der Waals surface area contributed by atoms with E-state index in [4.69, 9.17) is 5.73 Å². The number of hydrogen-bond donors (Lipinski definition) is 1. The van der Waals surface area contributed by atoms with Crippen LogP contribution in [0.5, 0.6) is 0 Å². The van der Waals surface area contributed by atoms with Gasteiger partial charge in [0.1, 0.15) is 5.82 Å². The molecule has 1 aromatic carbocycles. The summed E-state index contributed by atoms with van der Waals surface area (Å²) in [7, 11) is 0. The fourth-order valence-electron chi connectivity index (χ4n) is 4.94. The van der Waals surface area contributed by atoms with Gasteiger partial charge in [-0.25, -0.2) is 0 Å². The number of anilines is 1. The minimum absolute atomic E-state index is 0.126. The van der Waals surface area contributed by atoms with Gasteiger partial charge < -0.3 is 5.73 Å². The van der Waals surface area contributed by atoms with E-state index in [-0.39, 0.29) is 11.2 Å². The normalized spacial score (nSPS) is 20.2. The van der Waals surface area contributed by atoms with Crippen LogP contribution < -0.4 is 10.6 Å². The fraction of sp³-hybridized carbons (Fsp3) is 0.407. The van der Waals surface area contributed by atoms with E-state index in [1.54, 1.807) is 23.1 Å². The highest BCUT2D eigenvalue weighted by Crippen LogP contribution is 2.52. The van der Waals surface area contributed by atoms with E-state index in [1.807, 2.05) is 30.0 Å². The Labute approximate surface area is 205 Å². The number of nitriles is 1. The number of hydrogen-bond acceptors (Lipinski definition) is 6. The molecule has 1 aliphatic heterocycles. The molecule has 4 nitrogen and oxygen atoms in total. The number of carbonyl (C=O) groups is 1. The smallest absolute Gasteiger partial charge is 0.162 e. The second kappa shape index (κ2) is 9.04. The van der Waals surface area contributed by atoms with Crippen molar-refractivity contribution < 1.29 is 4.79 Å². The molecule has 0 saturated heterocycles. The Morgan fingerprint density at radius 1 is 1.27 bits per heavy atom. The van der Waals surface area contributed by atoms with Crippen molar-refractivity contribution in [2.45, 2.75) is 64.0 Å². The van der Waals surface area contributed by atoms with Gasteiger partial charge in [-0.05, 0) is 60.3 Å². The fourth-order valence-corrected chi connectivity index (χ4v) is 7.32. The van der Waals surface area contributed by atoms with Crippen LogP contribution in [0.15, 0.2) is 57.2 Å².